The number of hydrogen-bond acceptors (Lipinski definition) is 7. The number of carboxylic acids is 2. The lowest BCUT2D eigenvalue weighted by molar-refractivity contribution is -0.134. The van der Waals surface area contributed by atoms with Gasteiger partial charge in [0, 0.05) is 25.2 Å². The zero-order valence-electron chi connectivity index (χ0n) is 22.4. The molecule has 11 nitrogen and oxygen atoms in total. The predicted molar refractivity (Wildman–Crippen MR) is 143 cm³/mol. The molecular weight excluding hydrogens is 509 g/mol. The molecule has 2 aromatic rings. The van der Waals surface area contributed by atoms with Crippen LogP contribution in [0.1, 0.15) is 54.2 Å². The second-order valence-electron chi connectivity index (χ2n) is 9.21. The first-order chi connectivity index (χ1) is 18.5. The van der Waals surface area contributed by atoms with Crippen molar-refractivity contribution in [2.75, 3.05) is 31.5 Å². The predicted octanol–water partition coefficient (Wildman–Crippen LogP) is 2.60. The number of benzene rings is 1. The van der Waals surface area contributed by atoms with Crippen LogP contribution in [0.2, 0.25) is 0 Å². The summed E-state index contributed by atoms with van der Waals surface area (Å²) in [6.07, 6.45) is 5.92. The fourth-order valence-corrected chi connectivity index (χ4v) is 4.27. The van der Waals surface area contributed by atoms with Gasteiger partial charge in [0.05, 0.1) is 23.4 Å². The van der Waals surface area contributed by atoms with Crippen molar-refractivity contribution in [2.24, 2.45) is 7.05 Å². The van der Waals surface area contributed by atoms with Crippen molar-refractivity contribution < 1.29 is 33.8 Å². The lowest BCUT2D eigenvalue weighted by Gasteiger charge is -2.33. The summed E-state index contributed by atoms with van der Waals surface area (Å²) in [5.41, 5.74) is 0.605. The van der Waals surface area contributed by atoms with Gasteiger partial charge < -0.3 is 25.7 Å². The highest BCUT2D eigenvalue weighted by Crippen LogP contribution is 2.23. The standard InChI is InChI=1S/C23H32FN5O2.C4H4O4/c1-16-9-6-7-13-29(16)14-8-12-25-15-20(30)26-23-21(17(2)27-28(23)3)22(31)18-10-4-5-11-19(18)24;5-3(6)1-2-4(7)8/h4-5,10-11,16,25H,6-9,12-15H2,1-3H3,(H,26,30);1-2H,(H,5,6)(H,7,8)/b;2-1-. The van der Waals surface area contributed by atoms with Gasteiger partial charge in [-0.2, -0.15) is 5.10 Å². The van der Waals surface area contributed by atoms with Gasteiger partial charge in [0.2, 0.25) is 11.7 Å². The van der Waals surface area contributed by atoms with E-state index in [0.717, 1.165) is 26.1 Å². The first-order valence-corrected chi connectivity index (χ1v) is 12.7. The Morgan fingerprint density at radius 3 is 2.41 bits per heavy atom. The van der Waals surface area contributed by atoms with E-state index >= 15 is 0 Å². The SMILES string of the molecule is Cc1nn(C)c(NC(=O)CNCCCN2CCCCC2C)c1C(=O)c1ccccc1F.O=C(O)/C=C\C(=O)O. The van der Waals surface area contributed by atoms with Gasteiger partial charge in [-0.25, -0.2) is 14.0 Å². The van der Waals surface area contributed by atoms with Crippen LogP contribution >= 0.6 is 0 Å². The third-order valence-electron chi connectivity index (χ3n) is 6.22. The van der Waals surface area contributed by atoms with E-state index in [4.69, 9.17) is 10.2 Å². The molecule has 0 bridgehead atoms. The van der Waals surface area contributed by atoms with E-state index in [2.05, 4.69) is 27.6 Å². The molecule has 39 heavy (non-hydrogen) atoms. The minimum Gasteiger partial charge on any atom is -0.478 e. The first-order valence-electron chi connectivity index (χ1n) is 12.7. The van der Waals surface area contributed by atoms with Crippen molar-refractivity contribution in [3.05, 3.63) is 59.1 Å². The molecule has 1 saturated heterocycles. The van der Waals surface area contributed by atoms with Gasteiger partial charge in [-0.05, 0) is 64.9 Å². The number of halogens is 1. The van der Waals surface area contributed by atoms with Gasteiger partial charge in [0.25, 0.3) is 0 Å². The third-order valence-corrected chi connectivity index (χ3v) is 6.22. The molecule has 0 spiro atoms. The summed E-state index contributed by atoms with van der Waals surface area (Å²) in [5, 5.41) is 25.8. The van der Waals surface area contributed by atoms with Crippen molar-refractivity contribution >= 4 is 29.4 Å². The van der Waals surface area contributed by atoms with E-state index in [9.17, 15) is 23.6 Å². The van der Waals surface area contributed by atoms with Gasteiger partial charge >= 0.3 is 11.9 Å². The van der Waals surface area contributed by atoms with Crippen molar-refractivity contribution in [1.82, 2.24) is 20.0 Å². The number of aryl methyl sites for hydroxylation is 2. The molecule has 0 radical (unpaired) electrons. The Balaban J connectivity index is 0.000000580. The molecule has 1 aromatic heterocycles. The van der Waals surface area contributed by atoms with Crippen LogP contribution in [0, 0.1) is 12.7 Å². The van der Waals surface area contributed by atoms with Crippen LogP contribution in [-0.4, -0.2) is 80.7 Å². The fourth-order valence-electron chi connectivity index (χ4n) is 4.27. The number of hydrogen-bond donors (Lipinski definition) is 4. The van der Waals surface area contributed by atoms with E-state index in [-0.39, 0.29) is 29.4 Å². The summed E-state index contributed by atoms with van der Waals surface area (Å²) >= 11 is 0. The highest BCUT2D eigenvalue weighted by molar-refractivity contribution is 6.14. The van der Waals surface area contributed by atoms with E-state index < -0.39 is 23.5 Å². The molecule has 212 valence electrons. The van der Waals surface area contributed by atoms with Crippen LogP contribution in [0.4, 0.5) is 10.2 Å². The number of nitrogens with one attached hydrogen (secondary N) is 2. The van der Waals surface area contributed by atoms with Crippen LogP contribution in [0.5, 0.6) is 0 Å². The maximum atomic E-state index is 14.1. The Hall–Kier alpha value is -3.90. The highest BCUT2D eigenvalue weighted by Gasteiger charge is 2.25. The molecule has 2 heterocycles. The molecular formula is C27H36FN5O6. The van der Waals surface area contributed by atoms with E-state index in [0.29, 0.717) is 23.9 Å². The van der Waals surface area contributed by atoms with Gasteiger partial charge in [0.1, 0.15) is 11.6 Å². The lowest BCUT2D eigenvalue weighted by atomic mass is 10.0. The number of ketones is 1. The normalized spacial score (nSPS) is 15.4. The molecule has 3 rings (SSSR count). The molecule has 1 aliphatic rings. The maximum absolute atomic E-state index is 14.1. The second kappa shape index (κ2) is 15.5. The molecule has 0 saturated carbocycles. The summed E-state index contributed by atoms with van der Waals surface area (Å²) in [6.45, 7) is 6.99. The molecule has 4 N–H and O–H groups in total. The summed E-state index contributed by atoms with van der Waals surface area (Å²) < 4.78 is 15.6. The Morgan fingerprint density at radius 2 is 1.79 bits per heavy atom. The van der Waals surface area contributed by atoms with Crippen LogP contribution in [0.3, 0.4) is 0 Å². The van der Waals surface area contributed by atoms with Crippen molar-refractivity contribution in [3.8, 4) is 0 Å². The topological polar surface area (TPSA) is 154 Å². The summed E-state index contributed by atoms with van der Waals surface area (Å²) in [4.78, 5) is 47.0. The number of anilines is 1. The average molecular weight is 546 g/mol. The molecule has 1 atom stereocenters. The number of rotatable bonds is 11. The summed E-state index contributed by atoms with van der Waals surface area (Å²) in [7, 11) is 1.65. The number of piperidine rings is 1. The van der Waals surface area contributed by atoms with Crippen LogP contribution < -0.4 is 10.6 Å². The number of carboxylic acid groups (broad SMARTS) is 2. The molecule has 1 amide bonds. The number of aromatic nitrogens is 2. The molecule has 0 aliphatic carbocycles. The van der Waals surface area contributed by atoms with E-state index in [1.807, 2.05) is 0 Å². The van der Waals surface area contributed by atoms with E-state index in [1.165, 1.54) is 42.1 Å². The van der Waals surface area contributed by atoms with Crippen molar-refractivity contribution in [2.45, 2.75) is 45.6 Å². The maximum Gasteiger partial charge on any atom is 0.328 e. The Labute approximate surface area is 226 Å². The number of amides is 1. The van der Waals surface area contributed by atoms with E-state index in [1.54, 1.807) is 20.0 Å². The highest BCUT2D eigenvalue weighted by atomic mass is 19.1. The lowest BCUT2D eigenvalue weighted by Crippen LogP contribution is -2.39. The third kappa shape index (κ3) is 10.1. The van der Waals surface area contributed by atoms with Crippen molar-refractivity contribution in [3.63, 3.8) is 0 Å². The van der Waals surface area contributed by atoms with Crippen LogP contribution in [0.15, 0.2) is 36.4 Å². The Morgan fingerprint density at radius 1 is 1.13 bits per heavy atom. The largest absolute Gasteiger partial charge is 0.478 e. The smallest absolute Gasteiger partial charge is 0.328 e. The molecule has 1 aliphatic heterocycles. The van der Waals surface area contributed by atoms with Crippen LogP contribution in [-0.2, 0) is 21.4 Å². The van der Waals surface area contributed by atoms with Gasteiger partial charge in [0.15, 0.2) is 0 Å². The number of carbonyl (C=O) groups is 4. The number of carbonyl (C=O) groups excluding carboxylic acids is 2. The number of nitrogens with zero attached hydrogens (tertiary/aromatic N) is 3. The minimum absolute atomic E-state index is 0.0424. The first kappa shape index (κ1) is 31.3. The molecule has 12 heteroatoms. The quantitative estimate of drug-likeness (QED) is 0.190. The molecule has 1 aromatic carbocycles. The van der Waals surface area contributed by atoms with Gasteiger partial charge in [-0.15, -0.1) is 0 Å². The minimum atomic E-state index is -1.26. The fraction of sp³-hybridized carbons (Fsp3) is 0.444. The van der Waals surface area contributed by atoms with Gasteiger partial charge in [-0.1, -0.05) is 18.6 Å². The van der Waals surface area contributed by atoms with Gasteiger partial charge in [-0.3, -0.25) is 14.3 Å². The zero-order valence-corrected chi connectivity index (χ0v) is 22.4. The average Bonchev–Trinajstić information content (AvgIpc) is 3.16. The molecule has 1 fully saturated rings. The Bertz CT molecular complexity index is 1180. The second-order valence-corrected chi connectivity index (χ2v) is 9.21. The van der Waals surface area contributed by atoms with Crippen LogP contribution in [0.25, 0.3) is 0 Å². The monoisotopic (exact) mass is 545 g/mol. The number of aliphatic carboxylic acids is 2. The zero-order chi connectivity index (χ0) is 28.9. The van der Waals surface area contributed by atoms with Crippen molar-refractivity contribution in [1.29, 1.82) is 0 Å². The number of likely N-dealkylation sites (tertiary alicyclic amines) is 1. The summed E-state index contributed by atoms with van der Waals surface area (Å²) in [5.74, 6) is -3.60. The summed E-state index contributed by atoms with van der Waals surface area (Å²) in [6, 6.07) is 6.44. The Kier molecular flexibility index (Phi) is 12.4. The molecule has 1 unspecified atom stereocenters.